The van der Waals surface area contributed by atoms with Crippen LogP contribution in [0.3, 0.4) is 0 Å². The van der Waals surface area contributed by atoms with Crippen LogP contribution in [0, 0.1) is 0 Å². The summed E-state index contributed by atoms with van der Waals surface area (Å²) >= 11 is 1.55. The van der Waals surface area contributed by atoms with E-state index < -0.39 is 0 Å². The summed E-state index contributed by atoms with van der Waals surface area (Å²) in [4.78, 5) is 0. The minimum atomic E-state index is 0.473. The van der Waals surface area contributed by atoms with E-state index in [1.54, 1.807) is 16.0 Å². The summed E-state index contributed by atoms with van der Waals surface area (Å²) in [6.07, 6.45) is 3.92. The summed E-state index contributed by atoms with van der Waals surface area (Å²) in [7, 11) is 0. The second-order valence-corrected chi connectivity index (χ2v) is 3.12. The van der Waals surface area contributed by atoms with Crippen molar-refractivity contribution in [1.29, 1.82) is 0 Å². The van der Waals surface area contributed by atoms with Gasteiger partial charge in [-0.15, -0.1) is 5.10 Å². The van der Waals surface area contributed by atoms with Crippen LogP contribution in [0.1, 0.15) is 25.5 Å². The zero-order valence-corrected chi connectivity index (χ0v) is 7.22. The average molecular weight is 157 g/mol. The first-order valence-electron chi connectivity index (χ1n) is 3.20. The molecular formula is C6H11N3S. The molecule has 0 bridgehead atoms. The summed E-state index contributed by atoms with van der Waals surface area (Å²) in [6, 6.07) is 0. The van der Waals surface area contributed by atoms with Crippen LogP contribution in [0.15, 0.2) is 6.20 Å². The van der Waals surface area contributed by atoms with Gasteiger partial charge in [-0.05, 0) is 17.9 Å². The van der Waals surface area contributed by atoms with Crippen molar-refractivity contribution < 1.29 is 0 Å². The first-order valence-corrected chi connectivity index (χ1v) is 4.39. The molecule has 0 saturated carbocycles. The van der Waals surface area contributed by atoms with E-state index >= 15 is 0 Å². The van der Waals surface area contributed by atoms with Crippen molar-refractivity contribution in [1.82, 2.24) is 14.4 Å². The molecule has 1 aromatic rings. The lowest BCUT2D eigenvalue weighted by Gasteiger charge is -1.93. The summed E-state index contributed by atoms with van der Waals surface area (Å²) < 4.78 is 1.76. The van der Waals surface area contributed by atoms with Crippen molar-refractivity contribution in [3.63, 3.8) is 0 Å². The highest BCUT2D eigenvalue weighted by Gasteiger charge is 2.02. The number of rotatable bonds is 2. The lowest BCUT2D eigenvalue weighted by molar-refractivity contribution is 0.799. The quantitative estimate of drug-likeness (QED) is 0.652. The molecule has 0 N–H and O–H groups in total. The molecule has 0 aromatic carbocycles. The fraction of sp³-hybridized carbons (Fsp3) is 0.667. The van der Waals surface area contributed by atoms with Crippen molar-refractivity contribution in [2.75, 3.05) is 6.26 Å². The summed E-state index contributed by atoms with van der Waals surface area (Å²) in [5.41, 5.74) is 1.05. The van der Waals surface area contributed by atoms with Crippen molar-refractivity contribution in [2.24, 2.45) is 0 Å². The van der Waals surface area contributed by atoms with E-state index in [-0.39, 0.29) is 0 Å². The third kappa shape index (κ3) is 1.50. The van der Waals surface area contributed by atoms with Gasteiger partial charge in [-0.25, -0.2) is 0 Å². The Morgan fingerprint density at radius 3 is 2.60 bits per heavy atom. The fourth-order valence-corrected chi connectivity index (χ4v) is 0.937. The van der Waals surface area contributed by atoms with E-state index in [2.05, 4.69) is 24.2 Å². The monoisotopic (exact) mass is 157 g/mol. The van der Waals surface area contributed by atoms with Crippen LogP contribution in [0.5, 0.6) is 0 Å². The SMILES string of the molecule is CSn1cc(C(C)C)nn1. The van der Waals surface area contributed by atoms with Gasteiger partial charge in [0.2, 0.25) is 0 Å². The van der Waals surface area contributed by atoms with E-state index in [0.717, 1.165) is 5.69 Å². The molecule has 0 aliphatic carbocycles. The van der Waals surface area contributed by atoms with Crippen LogP contribution in [0.2, 0.25) is 0 Å². The third-order valence-corrected chi connectivity index (χ3v) is 1.82. The first-order chi connectivity index (χ1) is 4.74. The van der Waals surface area contributed by atoms with Gasteiger partial charge in [0, 0.05) is 6.26 Å². The van der Waals surface area contributed by atoms with E-state index in [9.17, 15) is 0 Å². The van der Waals surface area contributed by atoms with Gasteiger partial charge in [-0.2, -0.15) is 4.09 Å². The topological polar surface area (TPSA) is 30.7 Å². The van der Waals surface area contributed by atoms with Crippen LogP contribution in [-0.4, -0.2) is 20.7 Å². The molecule has 10 heavy (non-hydrogen) atoms. The van der Waals surface area contributed by atoms with Gasteiger partial charge in [-0.1, -0.05) is 19.1 Å². The molecule has 3 nitrogen and oxygen atoms in total. The molecule has 0 amide bonds. The Bertz CT molecular complexity index is 207. The van der Waals surface area contributed by atoms with Gasteiger partial charge in [0.1, 0.15) is 0 Å². The molecular weight excluding hydrogens is 146 g/mol. The molecule has 1 aromatic heterocycles. The molecule has 1 heterocycles. The molecule has 56 valence electrons. The number of hydrogen-bond acceptors (Lipinski definition) is 3. The van der Waals surface area contributed by atoms with Crippen LogP contribution in [0.4, 0.5) is 0 Å². The van der Waals surface area contributed by atoms with E-state index in [0.29, 0.717) is 5.92 Å². The Labute approximate surface area is 64.9 Å². The molecule has 0 radical (unpaired) electrons. The first kappa shape index (κ1) is 7.60. The van der Waals surface area contributed by atoms with E-state index in [4.69, 9.17) is 0 Å². The second kappa shape index (κ2) is 3.05. The van der Waals surface area contributed by atoms with Gasteiger partial charge >= 0.3 is 0 Å². The molecule has 1 rings (SSSR count). The maximum Gasteiger partial charge on any atom is 0.0863 e. The number of aromatic nitrogens is 3. The summed E-state index contributed by atoms with van der Waals surface area (Å²) in [6.45, 7) is 4.21. The standard InChI is InChI=1S/C6H11N3S/c1-5(2)6-4-9(10-3)8-7-6/h4-5H,1-3H3. The van der Waals surface area contributed by atoms with Crippen molar-refractivity contribution in [3.8, 4) is 0 Å². The van der Waals surface area contributed by atoms with Crippen molar-refractivity contribution >= 4 is 11.9 Å². The van der Waals surface area contributed by atoms with Gasteiger partial charge in [0.05, 0.1) is 11.9 Å². The minimum Gasteiger partial charge on any atom is -0.194 e. The maximum absolute atomic E-state index is 3.98. The Balaban J connectivity index is 2.78. The minimum absolute atomic E-state index is 0.473. The molecule has 0 aliphatic heterocycles. The normalized spacial score (nSPS) is 10.8. The number of hydrogen-bond donors (Lipinski definition) is 0. The Hall–Kier alpha value is -0.510. The van der Waals surface area contributed by atoms with Crippen LogP contribution >= 0.6 is 11.9 Å². The van der Waals surface area contributed by atoms with Gasteiger partial charge in [-0.3, -0.25) is 0 Å². The average Bonchev–Trinajstić information content (AvgIpc) is 2.34. The Morgan fingerprint density at radius 2 is 2.30 bits per heavy atom. The maximum atomic E-state index is 3.98. The lowest BCUT2D eigenvalue weighted by atomic mass is 10.2. The predicted molar refractivity (Wildman–Crippen MR) is 43.0 cm³/mol. The molecule has 0 unspecified atom stereocenters. The molecule has 4 heteroatoms. The van der Waals surface area contributed by atoms with E-state index in [1.807, 2.05) is 12.5 Å². The van der Waals surface area contributed by atoms with Gasteiger partial charge < -0.3 is 0 Å². The summed E-state index contributed by atoms with van der Waals surface area (Å²) in [5.74, 6) is 0.473. The zero-order chi connectivity index (χ0) is 7.56. The largest absolute Gasteiger partial charge is 0.194 e. The fourth-order valence-electron chi connectivity index (χ4n) is 0.614. The smallest absolute Gasteiger partial charge is 0.0863 e. The Kier molecular flexibility index (Phi) is 2.32. The molecule has 0 fully saturated rings. The van der Waals surface area contributed by atoms with Crippen LogP contribution in [-0.2, 0) is 0 Å². The molecule has 0 saturated heterocycles. The Morgan fingerprint density at radius 1 is 1.60 bits per heavy atom. The lowest BCUT2D eigenvalue weighted by Crippen LogP contribution is -1.85. The van der Waals surface area contributed by atoms with Crippen molar-refractivity contribution in [2.45, 2.75) is 19.8 Å². The predicted octanol–water partition coefficient (Wildman–Crippen LogP) is 1.53. The van der Waals surface area contributed by atoms with E-state index in [1.165, 1.54) is 0 Å². The highest BCUT2D eigenvalue weighted by atomic mass is 32.2. The second-order valence-electron chi connectivity index (χ2n) is 2.38. The van der Waals surface area contributed by atoms with Gasteiger partial charge in [0.25, 0.3) is 0 Å². The molecule has 0 aliphatic rings. The molecule has 0 atom stereocenters. The highest BCUT2D eigenvalue weighted by molar-refractivity contribution is 7.97. The van der Waals surface area contributed by atoms with Crippen molar-refractivity contribution in [3.05, 3.63) is 11.9 Å². The third-order valence-electron chi connectivity index (χ3n) is 1.27. The number of nitrogens with zero attached hydrogens (tertiary/aromatic N) is 3. The highest BCUT2D eigenvalue weighted by Crippen LogP contribution is 2.10. The van der Waals surface area contributed by atoms with Crippen LogP contribution < -0.4 is 0 Å². The molecule has 0 spiro atoms. The summed E-state index contributed by atoms with van der Waals surface area (Å²) in [5, 5.41) is 7.86. The van der Waals surface area contributed by atoms with Gasteiger partial charge in [0.15, 0.2) is 0 Å². The zero-order valence-electron chi connectivity index (χ0n) is 6.40. The van der Waals surface area contributed by atoms with Crippen LogP contribution in [0.25, 0.3) is 0 Å².